The Bertz CT molecular complexity index is 1440. The predicted molar refractivity (Wildman–Crippen MR) is 145 cm³/mol. The highest BCUT2D eigenvalue weighted by Crippen LogP contribution is 2.44. The van der Waals surface area contributed by atoms with Crippen LogP contribution in [0.3, 0.4) is 0 Å². The highest BCUT2D eigenvalue weighted by Gasteiger charge is 2.49. The summed E-state index contributed by atoms with van der Waals surface area (Å²) in [5.41, 5.74) is 5.06. The third-order valence-electron chi connectivity index (χ3n) is 7.97. The van der Waals surface area contributed by atoms with Gasteiger partial charge in [0.1, 0.15) is 5.75 Å². The molecular formula is C30H29N5O3. The first-order chi connectivity index (χ1) is 18.6. The molecule has 2 aromatic heterocycles. The number of pyridine rings is 1. The Morgan fingerprint density at radius 2 is 1.63 bits per heavy atom. The summed E-state index contributed by atoms with van der Waals surface area (Å²) in [5, 5.41) is 6.85. The molecule has 4 heterocycles. The highest BCUT2D eigenvalue weighted by atomic mass is 16.5. The van der Waals surface area contributed by atoms with E-state index < -0.39 is 5.41 Å². The van der Waals surface area contributed by atoms with Gasteiger partial charge in [0.05, 0.1) is 18.7 Å². The zero-order valence-corrected chi connectivity index (χ0v) is 21.3. The summed E-state index contributed by atoms with van der Waals surface area (Å²) >= 11 is 0. The number of benzene rings is 2. The Morgan fingerprint density at radius 3 is 2.32 bits per heavy atom. The van der Waals surface area contributed by atoms with Crippen molar-refractivity contribution >= 4 is 17.5 Å². The maximum Gasteiger partial charge on any atom is 0.253 e. The molecule has 8 heteroatoms. The first-order valence-corrected chi connectivity index (χ1v) is 12.9. The Hall–Kier alpha value is -4.46. The number of carbonyl (C=O) groups excluding carboxylic acids is 2. The van der Waals surface area contributed by atoms with Gasteiger partial charge in [0.2, 0.25) is 5.91 Å². The maximum atomic E-state index is 13.7. The van der Waals surface area contributed by atoms with Crippen molar-refractivity contribution < 1.29 is 14.3 Å². The fourth-order valence-corrected chi connectivity index (χ4v) is 5.69. The lowest BCUT2D eigenvalue weighted by Gasteiger charge is -2.38. The Balaban J connectivity index is 1.12. The van der Waals surface area contributed by atoms with E-state index in [2.05, 4.69) is 15.2 Å². The molecule has 2 aliphatic rings. The molecule has 0 radical (unpaired) electrons. The van der Waals surface area contributed by atoms with E-state index in [0.29, 0.717) is 43.8 Å². The van der Waals surface area contributed by atoms with E-state index in [4.69, 9.17) is 4.74 Å². The zero-order chi connectivity index (χ0) is 26.1. The van der Waals surface area contributed by atoms with Crippen LogP contribution in [0.5, 0.6) is 5.75 Å². The summed E-state index contributed by atoms with van der Waals surface area (Å²) in [6, 6.07) is 17.5. The quantitative estimate of drug-likeness (QED) is 0.419. The van der Waals surface area contributed by atoms with Crippen LogP contribution in [0.1, 0.15) is 29.6 Å². The van der Waals surface area contributed by atoms with Crippen LogP contribution in [-0.2, 0) is 4.79 Å². The molecule has 0 aliphatic carbocycles. The van der Waals surface area contributed by atoms with E-state index in [0.717, 1.165) is 34.4 Å². The molecule has 192 valence electrons. The SMILES string of the molecule is COc1cc(N2CCC3(CCN(C(=O)c4ccc(-c5ccncc5)cc4)CC3)C2=O)ccc1-c1cn[nH]c1. The lowest BCUT2D eigenvalue weighted by atomic mass is 9.77. The average molecular weight is 508 g/mol. The Kier molecular flexibility index (Phi) is 6.15. The monoisotopic (exact) mass is 507 g/mol. The van der Waals surface area contributed by atoms with Gasteiger partial charge in [-0.15, -0.1) is 0 Å². The van der Waals surface area contributed by atoms with Crippen LogP contribution in [-0.4, -0.2) is 58.6 Å². The summed E-state index contributed by atoms with van der Waals surface area (Å²) in [5.74, 6) is 0.862. The molecule has 38 heavy (non-hydrogen) atoms. The second-order valence-corrected chi connectivity index (χ2v) is 9.96. The molecule has 4 aromatic rings. The largest absolute Gasteiger partial charge is 0.496 e. The van der Waals surface area contributed by atoms with E-state index in [1.165, 1.54) is 0 Å². The third-order valence-corrected chi connectivity index (χ3v) is 7.97. The summed E-state index contributed by atoms with van der Waals surface area (Å²) < 4.78 is 5.63. The van der Waals surface area contributed by atoms with Crippen LogP contribution in [0.25, 0.3) is 22.3 Å². The number of hydrogen-bond donors (Lipinski definition) is 1. The summed E-state index contributed by atoms with van der Waals surface area (Å²) in [6.07, 6.45) is 9.23. The van der Waals surface area contributed by atoms with Crippen LogP contribution in [0.2, 0.25) is 0 Å². The zero-order valence-electron chi connectivity index (χ0n) is 21.3. The normalized spacial score (nSPS) is 16.7. The van der Waals surface area contributed by atoms with E-state index >= 15 is 0 Å². The standard InChI is InChI=1S/C30H29N5O3/c1-38-27-18-25(6-7-26(27)24-19-32-33-20-24)35-17-12-30(29(35)37)10-15-34(16-11-30)28(36)23-4-2-21(3-5-23)22-8-13-31-14-9-22/h2-9,13-14,18-20H,10-12,15-17H2,1H3,(H,32,33). The number of methoxy groups -OCH3 is 1. The fraction of sp³-hybridized carbons (Fsp3) is 0.267. The number of hydrogen-bond acceptors (Lipinski definition) is 5. The summed E-state index contributed by atoms with van der Waals surface area (Å²) in [7, 11) is 1.63. The van der Waals surface area contributed by atoms with Crippen LogP contribution in [0.4, 0.5) is 5.69 Å². The molecular weight excluding hydrogens is 478 g/mol. The Labute approximate surface area is 221 Å². The minimum absolute atomic E-state index is 0.0167. The van der Waals surface area contributed by atoms with Gasteiger partial charge in [-0.3, -0.25) is 19.7 Å². The molecule has 8 nitrogen and oxygen atoms in total. The van der Waals surface area contributed by atoms with E-state index in [1.54, 1.807) is 25.7 Å². The van der Waals surface area contributed by atoms with E-state index in [9.17, 15) is 9.59 Å². The van der Waals surface area contributed by atoms with Crippen molar-refractivity contribution in [2.24, 2.45) is 5.41 Å². The predicted octanol–water partition coefficient (Wildman–Crippen LogP) is 4.81. The van der Waals surface area contributed by atoms with Gasteiger partial charge in [-0.1, -0.05) is 12.1 Å². The number of carbonyl (C=O) groups is 2. The second kappa shape index (κ2) is 9.78. The molecule has 0 bridgehead atoms. The van der Waals surface area contributed by atoms with E-state index in [-0.39, 0.29) is 11.8 Å². The molecule has 2 aliphatic heterocycles. The summed E-state index contributed by atoms with van der Waals surface area (Å²) in [4.78, 5) is 34.7. The van der Waals surface area contributed by atoms with Crippen molar-refractivity contribution in [1.82, 2.24) is 20.1 Å². The molecule has 1 N–H and O–H groups in total. The molecule has 2 amide bonds. The lowest BCUT2D eigenvalue weighted by molar-refractivity contribution is -0.127. The topological polar surface area (TPSA) is 91.4 Å². The average Bonchev–Trinajstić information content (AvgIpc) is 3.62. The molecule has 2 aromatic carbocycles. The van der Waals surface area contributed by atoms with Crippen molar-refractivity contribution in [3.63, 3.8) is 0 Å². The van der Waals surface area contributed by atoms with Crippen LogP contribution < -0.4 is 9.64 Å². The van der Waals surface area contributed by atoms with Crippen molar-refractivity contribution in [3.05, 3.63) is 84.9 Å². The number of H-pyrrole nitrogens is 1. The lowest BCUT2D eigenvalue weighted by Crippen LogP contribution is -2.46. The van der Waals surface area contributed by atoms with Crippen molar-refractivity contribution in [2.45, 2.75) is 19.3 Å². The number of likely N-dealkylation sites (tertiary alicyclic amines) is 1. The van der Waals surface area contributed by atoms with Gasteiger partial charge in [0.25, 0.3) is 5.91 Å². The van der Waals surface area contributed by atoms with Crippen molar-refractivity contribution in [1.29, 1.82) is 0 Å². The summed E-state index contributed by atoms with van der Waals surface area (Å²) in [6.45, 7) is 1.82. The number of aromatic nitrogens is 3. The number of aromatic amines is 1. The van der Waals surface area contributed by atoms with Gasteiger partial charge in [-0.25, -0.2) is 0 Å². The van der Waals surface area contributed by atoms with Gasteiger partial charge in [-0.2, -0.15) is 5.10 Å². The van der Waals surface area contributed by atoms with Gasteiger partial charge in [0.15, 0.2) is 0 Å². The molecule has 6 rings (SSSR count). The van der Waals surface area contributed by atoms with Crippen molar-refractivity contribution in [3.8, 4) is 28.0 Å². The number of nitrogens with one attached hydrogen (secondary N) is 1. The second-order valence-electron chi connectivity index (χ2n) is 9.96. The maximum absolute atomic E-state index is 13.7. The molecule has 1 spiro atoms. The number of piperidine rings is 1. The molecule has 0 unspecified atom stereocenters. The number of amides is 2. The van der Waals surface area contributed by atoms with Gasteiger partial charge in [-0.05, 0) is 66.8 Å². The smallest absolute Gasteiger partial charge is 0.253 e. The Morgan fingerprint density at radius 1 is 0.921 bits per heavy atom. The minimum Gasteiger partial charge on any atom is -0.496 e. The van der Waals surface area contributed by atoms with Crippen LogP contribution >= 0.6 is 0 Å². The third kappa shape index (κ3) is 4.22. The number of anilines is 1. The van der Waals surface area contributed by atoms with Gasteiger partial charge >= 0.3 is 0 Å². The van der Waals surface area contributed by atoms with Gasteiger partial charge in [0, 0.05) is 66.7 Å². The molecule has 0 atom stereocenters. The van der Waals surface area contributed by atoms with E-state index in [1.807, 2.05) is 70.6 Å². The number of rotatable bonds is 5. The fourth-order valence-electron chi connectivity index (χ4n) is 5.69. The molecule has 0 saturated carbocycles. The molecule has 2 fully saturated rings. The minimum atomic E-state index is -0.418. The number of nitrogens with zero attached hydrogens (tertiary/aromatic N) is 4. The number of ether oxygens (including phenoxy) is 1. The first-order valence-electron chi connectivity index (χ1n) is 12.9. The first kappa shape index (κ1) is 23.9. The molecule has 2 saturated heterocycles. The highest BCUT2D eigenvalue weighted by molar-refractivity contribution is 6.01. The van der Waals surface area contributed by atoms with Crippen LogP contribution in [0.15, 0.2) is 79.4 Å². The van der Waals surface area contributed by atoms with Gasteiger partial charge < -0.3 is 14.5 Å². The van der Waals surface area contributed by atoms with Crippen molar-refractivity contribution in [2.75, 3.05) is 31.6 Å². The van der Waals surface area contributed by atoms with Crippen LogP contribution in [0, 0.1) is 5.41 Å².